The largest absolute Gasteiger partial charge is 0.328 e. The summed E-state index contributed by atoms with van der Waals surface area (Å²) in [5, 5.41) is 0. The fourth-order valence-corrected chi connectivity index (χ4v) is 2.01. The summed E-state index contributed by atoms with van der Waals surface area (Å²) < 4.78 is 12.8. The van der Waals surface area contributed by atoms with E-state index in [0.717, 1.165) is 18.4 Å². The molecule has 0 saturated heterocycles. The maximum Gasteiger partial charge on any atom is 0.123 e. The molecule has 1 aliphatic rings. The lowest BCUT2D eigenvalue weighted by Gasteiger charge is -2.33. The van der Waals surface area contributed by atoms with Gasteiger partial charge in [-0.15, -0.1) is 0 Å². The SMILES string of the molecule is Cc1cc(F)ccc1C1CC(N)C1. The van der Waals surface area contributed by atoms with Crippen LogP contribution < -0.4 is 5.73 Å². The average molecular weight is 179 g/mol. The minimum absolute atomic E-state index is 0.148. The molecule has 13 heavy (non-hydrogen) atoms. The Kier molecular flexibility index (Phi) is 2.08. The molecule has 1 aromatic carbocycles. The van der Waals surface area contributed by atoms with Gasteiger partial charge in [0.1, 0.15) is 5.82 Å². The van der Waals surface area contributed by atoms with Gasteiger partial charge < -0.3 is 5.73 Å². The molecule has 70 valence electrons. The van der Waals surface area contributed by atoms with Crippen LogP contribution >= 0.6 is 0 Å². The molecule has 0 unspecified atom stereocenters. The highest BCUT2D eigenvalue weighted by Crippen LogP contribution is 2.37. The van der Waals surface area contributed by atoms with E-state index < -0.39 is 0 Å². The van der Waals surface area contributed by atoms with Crippen molar-refractivity contribution in [3.8, 4) is 0 Å². The van der Waals surface area contributed by atoms with E-state index in [0.29, 0.717) is 12.0 Å². The van der Waals surface area contributed by atoms with Crippen LogP contribution in [0.25, 0.3) is 0 Å². The molecule has 0 spiro atoms. The zero-order chi connectivity index (χ0) is 9.42. The second-order valence-corrected chi connectivity index (χ2v) is 3.93. The van der Waals surface area contributed by atoms with Crippen LogP contribution in [0, 0.1) is 12.7 Å². The minimum atomic E-state index is -0.148. The number of halogens is 1. The van der Waals surface area contributed by atoms with Crippen molar-refractivity contribution < 1.29 is 4.39 Å². The van der Waals surface area contributed by atoms with E-state index in [-0.39, 0.29) is 5.82 Å². The summed E-state index contributed by atoms with van der Waals surface area (Å²) in [5.74, 6) is 0.417. The monoisotopic (exact) mass is 179 g/mol. The third-order valence-corrected chi connectivity index (χ3v) is 2.85. The first kappa shape index (κ1) is 8.70. The zero-order valence-corrected chi connectivity index (χ0v) is 7.76. The van der Waals surface area contributed by atoms with Crippen LogP contribution in [-0.4, -0.2) is 6.04 Å². The van der Waals surface area contributed by atoms with Crippen LogP contribution in [0.4, 0.5) is 4.39 Å². The van der Waals surface area contributed by atoms with Gasteiger partial charge in [-0.1, -0.05) is 6.07 Å². The Labute approximate surface area is 77.8 Å². The predicted octanol–water partition coefficient (Wildman–Crippen LogP) is 2.34. The van der Waals surface area contributed by atoms with Gasteiger partial charge in [0.25, 0.3) is 0 Å². The minimum Gasteiger partial charge on any atom is -0.328 e. The third kappa shape index (κ3) is 1.59. The van der Waals surface area contributed by atoms with Crippen LogP contribution in [0.2, 0.25) is 0 Å². The summed E-state index contributed by atoms with van der Waals surface area (Å²) in [7, 11) is 0. The number of aryl methyl sites for hydroxylation is 1. The van der Waals surface area contributed by atoms with E-state index in [9.17, 15) is 4.39 Å². The molecule has 1 aliphatic carbocycles. The normalized spacial score (nSPS) is 27.0. The summed E-state index contributed by atoms with van der Waals surface area (Å²) in [6.07, 6.45) is 2.10. The molecule has 2 N–H and O–H groups in total. The van der Waals surface area contributed by atoms with Crippen molar-refractivity contribution in [1.82, 2.24) is 0 Å². The van der Waals surface area contributed by atoms with E-state index in [1.165, 1.54) is 11.6 Å². The maximum absolute atomic E-state index is 12.8. The van der Waals surface area contributed by atoms with Crippen molar-refractivity contribution in [2.45, 2.75) is 31.7 Å². The Morgan fingerprint density at radius 3 is 2.62 bits per heavy atom. The molecular formula is C11H14FN. The van der Waals surface area contributed by atoms with Gasteiger partial charge in [0, 0.05) is 6.04 Å². The Bertz CT molecular complexity index is 316. The van der Waals surface area contributed by atoms with Gasteiger partial charge in [0.15, 0.2) is 0 Å². The lowest BCUT2D eigenvalue weighted by atomic mass is 9.75. The number of hydrogen-bond acceptors (Lipinski definition) is 1. The number of rotatable bonds is 1. The summed E-state index contributed by atoms with van der Waals surface area (Å²) >= 11 is 0. The highest BCUT2D eigenvalue weighted by atomic mass is 19.1. The van der Waals surface area contributed by atoms with Gasteiger partial charge in [0.05, 0.1) is 0 Å². The Balaban J connectivity index is 2.21. The van der Waals surface area contributed by atoms with Gasteiger partial charge in [-0.2, -0.15) is 0 Å². The van der Waals surface area contributed by atoms with Gasteiger partial charge >= 0.3 is 0 Å². The van der Waals surface area contributed by atoms with Gasteiger partial charge in [-0.25, -0.2) is 4.39 Å². The quantitative estimate of drug-likeness (QED) is 0.703. The third-order valence-electron chi connectivity index (χ3n) is 2.85. The van der Waals surface area contributed by atoms with Crippen LogP contribution in [0.3, 0.4) is 0 Å². The Hall–Kier alpha value is -0.890. The van der Waals surface area contributed by atoms with Crippen molar-refractivity contribution >= 4 is 0 Å². The van der Waals surface area contributed by atoms with Crippen LogP contribution in [-0.2, 0) is 0 Å². The molecule has 0 bridgehead atoms. The summed E-state index contributed by atoms with van der Waals surface area (Å²) in [6.45, 7) is 1.96. The first-order valence-corrected chi connectivity index (χ1v) is 4.68. The van der Waals surface area contributed by atoms with Crippen molar-refractivity contribution in [2.75, 3.05) is 0 Å². The molecule has 0 heterocycles. The first-order chi connectivity index (χ1) is 6.16. The number of nitrogens with two attached hydrogens (primary N) is 1. The fourth-order valence-electron chi connectivity index (χ4n) is 2.01. The first-order valence-electron chi connectivity index (χ1n) is 4.68. The molecule has 1 fully saturated rings. The van der Waals surface area contributed by atoms with Gasteiger partial charge in [-0.3, -0.25) is 0 Å². The highest BCUT2D eigenvalue weighted by molar-refractivity contribution is 5.31. The molecule has 2 rings (SSSR count). The van der Waals surface area contributed by atoms with E-state index in [1.54, 1.807) is 6.07 Å². The lowest BCUT2D eigenvalue weighted by Crippen LogP contribution is -2.35. The second-order valence-electron chi connectivity index (χ2n) is 3.93. The summed E-state index contributed by atoms with van der Waals surface area (Å²) in [6, 6.07) is 5.38. The second kappa shape index (κ2) is 3.11. The highest BCUT2D eigenvalue weighted by Gasteiger charge is 2.28. The van der Waals surface area contributed by atoms with Crippen LogP contribution in [0.15, 0.2) is 18.2 Å². The molecule has 0 atom stereocenters. The summed E-state index contributed by atoms with van der Waals surface area (Å²) in [4.78, 5) is 0. The van der Waals surface area contributed by atoms with E-state index in [2.05, 4.69) is 0 Å². The van der Waals surface area contributed by atoms with Crippen molar-refractivity contribution in [3.63, 3.8) is 0 Å². The molecule has 1 saturated carbocycles. The average Bonchev–Trinajstić information content (AvgIpc) is 2.00. The Morgan fingerprint density at radius 2 is 2.08 bits per heavy atom. The molecule has 0 radical (unpaired) electrons. The van der Waals surface area contributed by atoms with Crippen LogP contribution in [0.1, 0.15) is 29.9 Å². The molecular weight excluding hydrogens is 165 g/mol. The van der Waals surface area contributed by atoms with E-state index >= 15 is 0 Å². The number of benzene rings is 1. The van der Waals surface area contributed by atoms with Gasteiger partial charge in [0.2, 0.25) is 0 Å². The smallest absolute Gasteiger partial charge is 0.123 e. The Morgan fingerprint density at radius 1 is 1.38 bits per heavy atom. The van der Waals surface area contributed by atoms with E-state index in [4.69, 9.17) is 5.73 Å². The maximum atomic E-state index is 12.8. The molecule has 1 nitrogen and oxygen atoms in total. The van der Waals surface area contributed by atoms with Crippen molar-refractivity contribution in [3.05, 3.63) is 35.1 Å². The molecule has 1 aromatic rings. The van der Waals surface area contributed by atoms with Crippen LogP contribution in [0.5, 0.6) is 0 Å². The molecule has 2 heteroatoms. The topological polar surface area (TPSA) is 26.0 Å². The van der Waals surface area contributed by atoms with Crippen molar-refractivity contribution in [2.24, 2.45) is 5.73 Å². The standard InChI is InChI=1S/C11H14FN/c1-7-4-9(12)2-3-11(7)8-5-10(13)6-8/h2-4,8,10H,5-6,13H2,1H3. The fraction of sp³-hybridized carbons (Fsp3) is 0.455. The predicted molar refractivity (Wildman–Crippen MR) is 51.1 cm³/mol. The van der Waals surface area contributed by atoms with Crippen molar-refractivity contribution in [1.29, 1.82) is 0 Å². The molecule has 0 aliphatic heterocycles. The molecule has 0 aromatic heterocycles. The zero-order valence-electron chi connectivity index (χ0n) is 7.76. The number of hydrogen-bond donors (Lipinski definition) is 1. The lowest BCUT2D eigenvalue weighted by molar-refractivity contribution is 0.350. The van der Waals surface area contributed by atoms with E-state index in [1.807, 2.05) is 13.0 Å². The van der Waals surface area contributed by atoms with Gasteiger partial charge in [-0.05, 0) is 48.9 Å². The molecule has 0 amide bonds. The summed E-state index contributed by atoms with van der Waals surface area (Å²) in [5.41, 5.74) is 8.03.